The molecule has 0 aliphatic rings. The Balaban J connectivity index is 2.67. The van der Waals surface area contributed by atoms with Crippen LogP contribution in [0.1, 0.15) is 6.42 Å². The highest BCUT2D eigenvalue weighted by atomic mass is 16.5. The van der Waals surface area contributed by atoms with Gasteiger partial charge >= 0.3 is 11.9 Å². The molecule has 1 aromatic rings. The first-order chi connectivity index (χ1) is 7.09. The molecule has 1 rings (SSSR count). The van der Waals surface area contributed by atoms with Crippen LogP contribution in [0.2, 0.25) is 0 Å². The number of hydrogen-bond acceptors (Lipinski definition) is 4. The van der Waals surface area contributed by atoms with E-state index in [1.54, 1.807) is 12.1 Å². The van der Waals surface area contributed by atoms with E-state index in [4.69, 9.17) is 14.9 Å². The van der Waals surface area contributed by atoms with E-state index in [0.29, 0.717) is 0 Å². The summed E-state index contributed by atoms with van der Waals surface area (Å²) >= 11 is 0. The standard InChI is InChI=1S/C9H9NO5/c11-8(12)5-6(9(13)14)15-7-3-1-2-4-10-7/h1-4,6H,5H2,(H,11,12)(H,13,14). The third-order valence-electron chi connectivity index (χ3n) is 1.54. The molecule has 1 heterocycles. The highest BCUT2D eigenvalue weighted by Crippen LogP contribution is 2.08. The Hall–Kier alpha value is -2.11. The SMILES string of the molecule is O=C(O)CC(Oc1ccccn1)C(=O)O. The van der Waals surface area contributed by atoms with Gasteiger partial charge in [0.25, 0.3) is 0 Å². The summed E-state index contributed by atoms with van der Waals surface area (Å²) in [6.45, 7) is 0. The quantitative estimate of drug-likeness (QED) is 0.731. The molecule has 0 amide bonds. The van der Waals surface area contributed by atoms with Crippen LogP contribution in [-0.2, 0) is 9.59 Å². The summed E-state index contributed by atoms with van der Waals surface area (Å²) in [6.07, 6.45) is -0.599. The summed E-state index contributed by atoms with van der Waals surface area (Å²) in [4.78, 5) is 24.7. The van der Waals surface area contributed by atoms with Crippen LogP contribution in [0.5, 0.6) is 5.88 Å². The van der Waals surface area contributed by atoms with Gasteiger partial charge in [0.1, 0.15) is 0 Å². The number of carbonyl (C=O) groups is 2. The summed E-state index contributed by atoms with van der Waals surface area (Å²) < 4.78 is 4.90. The van der Waals surface area contributed by atoms with Crippen molar-refractivity contribution in [3.05, 3.63) is 24.4 Å². The van der Waals surface area contributed by atoms with Gasteiger partial charge in [-0.05, 0) is 6.07 Å². The smallest absolute Gasteiger partial charge is 0.345 e. The van der Waals surface area contributed by atoms with E-state index >= 15 is 0 Å². The van der Waals surface area contributed by atoms with E-state index in [1.807, 2.05) is 0 Å². The third-order valence-corrected chi connectivity index (χ3v) is 1.54. The van der Waals surface area contributed by atoms with Crippen molar-refractivity contribution >= 4 is 11.9 Å². The van der Waals surface area contributed by atoms with Crippen molar-refractivity contribution in [1.29, 1.82) is 0 Å². The fourth-order valence-corrected chi connectivity index (χ4v) is 0.901. The average Bonchev–Trinajstić information content (AvgIpc) is 2.17. The van der Waals surface area contributed by atoms with Gasteiger partial charge in [-0.25, -0.2) is 9.78 Å². The van der Waals surface area contributed by atoms with Gasteiger partial charge in [0.05, 0.1) is 6.42 Å². The second-order valence-corrected chi connectivity index (χ2v) is 2.71. The van der Waals surface area contributed by atoms with Gasteiger partial charge in [-0.15, -0.1) is 0 Å². The molecule has 0 fully saturated rings. The molecule has 6 heteroatoms. The molecule has 1 atom stereocenters. The average molecular weight is 211 g/mol. The van der Waals surface area contributed by atoms with Crippen molar-refractivity contribution in [3.8, 4) is 5.88 Å². The Morgan fingerprint density at radius 2 is 2.13 bits per heavy atom. The van der Waals surface area contributed by atoms with E-state index in [2.05, 4.69) is 4.98 Å². The minimum atomic E-state index is -1.42. The molecule has 0 aliphatic carbocycles. The van der Waals surface area contributed by atoms with Crippen LogP contribution >= 0.6 is 0 Å². The maximum absolute atomic E-state index is 10.6. The summed E-state index contributed by atoms with van der Waals surface area (Å²) in [5.41, 5.74) is 0. The predicted molar refractivity (Wildman–Crippen MR) is 48.5 cm³/mol. The molecule has 0 aliphatic heterocycles. The molecule has 0 saturated carbocycles. The van der Waals surface area contributed by atoms with Crippen molar-refractivity contribution in [3.63, 3.8) is 0 Å². The number of carboxylic acids is 2. The summed E-state index contributed by atoms with van der Waals surface area (Å²) in [5, 5.41) is 17.1. The number of hydrogen-bond donors (Lipinski definition) is 2. The topological polar surface area (TPSA) is 96.7 Å². The number of rotatable bonds is 5. The van der Waals surface area contributed by atoms with Crippen molar-refractivity contribution in [2.24, 2.45) is 0 Å². The highest BCUT2D eigenvalue weighted by Gasteiger charge is 2.23. The second-order valence-electron chi connectivity index (χ2n) is 2.71. The molecular weight excluding hydrogens is 202 g/mol. The van der Waals surface area contributed by atoms with E-state index in [-0.39, 0.29) is 5.88 Å². The van der Waals surface area contributed by atoms with Gasteiger partial charge in [-0.2, -0.15) is 0 Å². The maximum atomic E-state index is 10.6. The monoisotopic (exact) mass is 211 g/mol. The summed E-state index contributed by atoms with van der Waals surface area (Å²) in [5.74, 6) is -2.48. The first-order valence-corrected chi connectivity index (χ1v) is 4.12. The number of carboxylic acid groups (broad SMARTS) is 2. The van der Waals surface area contributed by atoms with Crippen LogP contribution < -0.4 is 4.74 Å². The zero-order valence-electron chi connectivity index (χ0n) is 7.66. The normalized spacial score (nSPS) is 11.7. The molecule has 6 nitrogen and oxygen atoms in total. The zero-order chi connectivity index (χ0) is 11.3. The molecule has 0 saturated heterocycles. The summed E-state index contributed by atoms with van der Waals surface area (Å²) in [6, 6.07) is 4.71. The lowest BCUT2D eigenvalue weighted by Crippen LogP contribution is -2.30. The Morgan fingerprint density at radius 3 is 2.60 bits per heavy atom. The highest BCUT2D eigenvalue weighted by molar-refractivity contribution is 5.79. The molecular formula is C9H9NO5. The molecule has 0 bridgehead atoms. The van der Waals surface area contributed by atoms with Crippen molar-refractivity contribution in [2.75, 3.05) is 0 Å². The minimum Gasteiger partial charge on any atom is -0.481 e. The molecule has 1 aromatic heterocycles. The maximum Gasteiger partial charge on any atom is 0.345 e. The summed E-state index contributed by atoms with van der Waals surface area (Å²) in [7, 11) is 0. The van der Waals surface area contributed by atoms with Crippen LogP contribution in [0, 0.1) is 0 Å². The van der Waals surface area contributed by atoms with Crippen molar-refractivity contribution < 1.29 is 24.5 Å². The lowest BCUT2D eigenvalue weighted by molar-refractivity contribution is -0.151. The first-order valence-electron chi connectivity index (χ1n) is 4.12. The van der Waals surface area contributed by atoms with E-state index < -0.39 is 24.5 Å². The minimum absolute atomic E-state index is 0.0890. The molecule has 0 spiro atoms. The Bertz CT molecular complexity index is 351. The Morgan fingerprint density at radius 1 is 1.40 bits per heavy atom. The van der Waals surface area contributed by atoms with Gasteiger partial charge < -0.3 is 14.9 Å². The van der Waals surface area contributed by atoms with Crippen LogP contribution in [0.25, 0.3) is 0 Å². The number of pyridine rings is 1. The lowest BCUT2D eigenvalue weighted by atomic mass is 10.2. The van der Waals surface area contributed by atoms with E-state index in [1.165, 1.54) is 12.3 Å². The molecule has 0 aromatic carbocycles. The van der Waals surface area contributed by atoms with E-state index in [9.17, 15) is 9.59 Å². The second kappa shape index (κ2) is 4.94. The van der Waals surface area contributed by atoms with Gasteiger partial charge in [0, 0.05) is 12.3 Å². The molecule has 80 valence electrons. The van der Waals surface area contributed by atoms with Gasteiger partial charge in [0.2, 0.25) is 12.0 Å². The molecule has 2 N–H and O–H groups in total. The van der Waals surface area contributed by atoms with Crippen molar-refractivity contribution in [1.82, 2.24) is 4.98 Å². The fraction of sp³-hybridized carbons (Fsp3) is 0.222. The largest absolute Gasteiger partial charge is 0.481 e. The zero-order valence-corrected chi connectivity index (χ0v) is 7.66. The van der Waals surface area contributed by atoms with Gasteiger partial charge in [0.15, 0.2) is 0 Å². The van der Waals surface area contributed by atoms with Crippen LogP contribution in [0.3, 0.4) is 0 Å². The number of aromatic nitrogens is 1. The molecule has 0 radical (unpaired) electrons. The van der Waals surface area contributed by atoms with Gasteiger partial charge in [-0.1, -0.05) is 6.07 Å². The number of ether oxygens (including phenoxy) is 1. The Labute approximate surface area is 85.1 Å². The van der Waals surface area contributed by atoms with Crippen molar-refractivity contribution in [2.45, 2.75) is 12.5 Å². The first kappa shape index (κ1) is 11.0. The number of nitrogens with zero attached hydrogens (tertiary/aromatic N) is 1. The van der Waals surface area contributed by atoms with Crippen LogP contribution in [0.15, 0.2) is 24.4 Å². The number of aliphatic carboxylic acids is 2. The fourth-order valence-electron chi connectivity index (χ4n) is 0.901. The lowest BCUT2D eigenvalue weighted by Gasteiger charge is -2.11. The molecule has 15 heavy (non-hydrogen) atoms. The van der Waals surface area contributed by atoms with E-state index in [0.717, 1.165) is 0 Å². The third kappa shape index (κ3) is 3.63. The van der Waals surface area contributed by atoms with Crippen LogP contribution in [0.4, 0.5) is 0 Å². The predicted octanol–water partition coefficient (Wildman–Crippen LogP) is 0.388. The molecule has 1 unspecified atom stereocenters. The van der Waals surface area contributed by atoms with Gasteiger partial charge in [-0.3, -0.25) is 4.79 Å². The van der Waals surface area contributed by atoms with Crippen LogP contribution in [-0.4, -0.2) is 33.2 Å². The Kier molecular flexibility index (Phi) is 3.61.